The summed E-state index contributed by atoms with van der Waals surface area (Å²) in [4.78, 5) is 39.1. The molecule has 4 rings (SSSR count). The molecule has 4 amide bonds. The molecule has 0 aromatic heterocycles. The SMILES string of the molecule is COc1cc(/C=C2\C(=O)NC(=O)N(c3ccccc3C)C2=O)ccc1OCc1cc(C)cc(C)c1. The molecule has 0 saturated carbocycles. The van der Waals surface area contributed by atoms with Crippen LogP contribution in [0.1, 0.15) is 27.8 Å². The number of imide groups is 2. The standard InChI is InChI=1S/C28H26N2O5/c1-17-11-18(2)13-21(12-17)16-35-24-10-9-20(15-25(24)34-4)14-22-26(31)29-28(33)30(27(22)32)23-8-6-5-7-19(23)3/h5-15H,16H2,1-4H3,(H,29,31,33)/b22-14+. The van der Waals surface area contributed by atoms with E-state index < -0.39 is 17.8 Å². The number of nitrogens with zero attached hydrogens (tertiary/aromatic N) is 1. The zero-order valence-corrected chi connectivity index (χ0v) is 20.0. The minimum absolute atomic E-state index is 0.154. The molecule has 7 heteroatoms. The van der Waals surface area contributed by atoms with Gasteiger partial charge in [-0.2, -0.15) is 0 Å². The van der Waals surface area contributed by atoms with E-state index in [0.717, 1.165) is 27.2 Å². The number of anilines is 1. The Balaban J connectivity index is 1.60. The normalized spacial score (nSPS) is 14.8. The third-order valence-electron chi connectivity index (χ3n) is 5.63. The van der Waals surface area contributed by atoms with Crippen molar-refractivity contribution in [2.45, 2.75) is 27.4 Å². The molecule has 0 radical (unpaired) electrons. The fourth-order valence-corrected chi connectivity index (χ4v) is 4.06. The molecule has 0 unspecified atom stereocenters. The van der Waals surface area contributed by atoms with Crippen molar-refractivity contribution in [2.75, 3.05) is 12.0 Å². The van der Waals surface area contributed by atoms with Crippen LogP contribution in [0.5, 0.6) is 11.5 Å². The number of rotatable bonds is 6. The van der Waals surface area contributed by atoms with Crippen LogP contribution in [0.4, 0.5) is 10.5 Å². The number of carbonyl (C=O) groups is 3. The third-order valence-corrected chi connectivity index (χ3v) is 5.63. The van der Waals surface area contributed by atoms with Crippen LogP contribution in [0.25, 0.3) is 6.08 Å². The number of urea groups is 1. The van der Waals surface area contributed by atoms with E-state index in [1.54, 1.807) is 43.3 Å². The Bertz CT molecular complexity index is 1340. The molecule has 1 heterocycles. The van der Waals surface area contributed by atoms with Crippen LogP contribution >= 0.6 is 0 Å². The second kappa shape index (κ2) is 9.85. The molecule has 3 aromatic rings. The number of hydrogen-bond acceptors (Lipinski definition) is 5. The van der Waals surface area contributed by atoms with Crippen molar-refractivity contribution >= 4 is 29.6 Å². The van der Waals surface area contributed by atoms with Crippen LogP contribution in [-0.2, 0) is 16.2 Å². The quantitative estimate of drug-likeness (QED) is 0.411. The summed E-state index contributed by atoms with van der Waals surface area (Å²) in [6.07, 6.45) is 1.44. The van der Waals surface area contributed by atoms with Gasteiger partial charge in [0.15, 0.2) is 11.5 Å². The van der Waals surface area contributed by atoms with Gasteiger partial charge < -0.3 is 9.47 Å². The van der Waals surface area contributed by atoms with E-state index in [1.165, 1.54) is 13.2 Å². The van der Waals surface area contributed by atoms with Gasteiger partial charge in [-0.25, -0.2) is 9.69 Å². The molecule has 178 valence electrons. The molecular weight excluding hydrogens is 444 g/mol. The summed E-state index contributed by atoms with van der Waals surface area (Å²) in [6, 6.07) is 17.6. The van der Waals surface area contributed by atoms with Gasteiger partial charge >= 0.3 is 6.03 Å². The van der Waals surface area contributed by atoms with E-state index in [4.69, 9.17) is 9.47 Å². The van der Waals surface area contributed by atoms with Crippen molar-refractivity contribution in [1.29, 1.82) is 0 Å². The topological polar surface area (TPSA) is 84.9 Å². The van der Waals surface area contributed by atoms with Crippen molar-refractivity contribution in [1.82, 2.24) is 5.32 Å². The van der Waals surface area contributed by atoms with Crippen LogP contribution in [0.15, 0.2) is 66.2 Å². The highest BCUT2D eigenvalue weighted by Crippen LogP contribution is 2.31. The molecule has 0 spiro atoms. The number of hydrogen-bond donors (Lipinski definition) is 1. The number of benzene rings is 3. The molecule has 1 saturated heterocycles. The van der Waals surface area contributed by atoms with Crippen LogP contribution in [0.2, 0.25) is 0 Å². The monoisotopic (exact) mass is 470 g/mol. The highest BCUT2D eigenvalue weighted by atomic mass is 16.5. The molecule has 1 fully saturated rings. The Morgan fingerprint density at radius 1 is 0.886 bits per heavy atom. The molecule has 35 heavy (non-hydrogen) atoms. The van der Waals surface area contributed by atoms with Gasteiger partial charge in [-0.3, -0.25) is 14.9 Å². The van der Waals surface area contributed by atoms with E-state index in [1.807, 2.05) is 19.9 Å². The fourth-order valence-electron chi connectivity index (χ4n) is 4.06. The minimum Gasteiger partial charge on any atom is -0.493 e. The van der Waals surface area contributed by atoms with Crippen molar-refractivity contribution < 1.29 is 23.9 Å². The lowest BCUT2D eigenvalue weighted by molar-refractivity contribution is -0.122. The second-order valence-corrected chi connectivity index (χ2v) is 8.44. The molecule has 1 aliphatic rings. The first kappa shape index (κ1) is 23.8. The number of methoxy groups -OCH3 is 1. The largest absolute Gasteiger partial charge is 0.493 e. The first-order chi connectivity index (χ1) is 16.8. The van der Waals surface area contributed by atoms with Gasteiger partial charge in [-0.1, -0.05) is 53.6 Å². The van der Waals surface area contributed by atoms with Gasteiger partial charge in [0.1, 0.15) is 12.2 Å². The van der Waals surface area contributed by atoms with E-state index in [2.05, 4.69) is 23.5 Å². The summed E-state index contributed by atoms with van der Waals surface area (Å²) < 4.78 is 11.5. The van der Waals surface area contributed by atoms with E-state index >= 15 is 0 Å². The van der Waals surface area contributed by atoms with Crippen molar-refractivity contribution in [3.63, 3.8) is 0 Å². The summed E-state index contributed by atoms with van der Waals surface area (Å²) >= 11 is 0. The molecule has 1 aliphatic heterocycles. The highest BCUT2D eigenvalue weighted by Gasteiger charge is 2.37. The molecule has 0 bridgehead atoms. The van der Waals surface area contributed by atoms with Crippen LogP contribution in [0.3, 0.4) is 0 Å². The average molecular weight is 471 g/mol. The smallest absolute Gasteiger partial charge is 0.335 e. The Hall–Kier alpha value is -4.39. The van der Waals surface area contributed by atoms with Crippen LogP contribution in [-0.4, -0.2) is 25.0 Å². The summed E-state index contributed by atoms with van der Waals surface area (Å²) in [5.41, 5.74) is 4.91. The number of nitrogens with one attached hydrogen (secondary N) is 1. The molecular formula is C28H26N2O5. The van der Waals surface area contributed by atoms with Gasteiger partial charge in [-0.15, -0.1) is 0 Å². The summed E-state index contributed by atoms with van der Waals surface area (Å²) in [5.74, 6) is -0.453. The first-order valence-corrected chi connectivity index (χ1v) is 11.1. The molecule has 0 atom stereocenters. The number of barbiturate groups is 1. The van der Waals surface area contributed by atoms with Gasteiger partial charge in [0.05, 0.1) is 12.8 Å². The van der Waals surface area contributed by atoms with Crippen molar-refractivity contribution in [3.8, 4) is 11.5 Å². The number of ether oxygens (including phenoxy) is 2. The number of amides is 4. The van der Waals surface area contributed by atoms with Gasteiger partial charge in [0.2, 0.25) is 0 Å². The number of para-hydroxylation sites is 1. The van der Waals surface area contributed by atoms with Crippen molar-refractivity contribution in [2.24, 2.45) is 0 Å². The van der Waals surface area contributed by atoms with E-state index in [-0.39, 0.29) is 5.57 Å². The third kappa shape index (κ3) is 5.09. The predicted octanol–water partition coefficient (Wildman–Crippen LogP) is 4.87. The summed E-state index contributed by atoms with van der Waals surface area (Å²) in [6.45, 7) is 6.23. The molecule has 7 nitrogen and oxygen atoms in total. The second-order valence-electron chi connectivity index (χ2n) is 8.44. The first-order valence-electron chi connectivity index (χ1n) is 11.1. The van der Waals surface area contributed by atoms with Gasteiger partial charge in [0, 0.05) is 0 Å². The molecule has 0 aliphatic carbocycles. The minimum atomic E-state index is -0.779. The Morgan fingerprint density at radius 2 is 1.60 bits per heavy atom. The van der Waals surface area contributed by atoms with E-state index in [9.17, 15) is 14.4 Å². The van der Waals surface area contributed by atoms with Crippen LogP contribution < -0.4 is 19.7 Å². The summed E-state index contributed by atoms with van der Waals surface area (Å²) in [7, 11) is 1.52. The Labute approximate surface area is 204 Å². The van der Waals surface area contributed by atoms with Crippen molar-refractivity contribution in [3.05, 3.63) is 94.1 Å². The summed E-state index contributed by atoms with van der Waals surface area (Å²) in [5, 5.41) is 2.25. The lowest BCUT2D eigenvalue weighted by Crippen LogP contribution is -2.54. The fraction of sp³-hybridized carbons (Fsp3) is 0.179. The zero-order chi connectivity index (χ0) is 25.1. The van der Waals surface area contributed by atoms with Gasteiger partial charge in [0.25, 0.3) is 11.8 Å². The van der Waals surface area contributed by atoms with E-state index in [0.29, 0.717) is 29.4 Å². The maximum Gasteiger partial charge on any atom is 0.335 e. The maximum atomic E-state index is 13.2. The Morgan fingerprint density at radius 3 is 2.29 bits per heavy atom. The zero-order valence-electron chi connectivity index (χ0n) is 20.0. The lowest BCUT2D eigenvalue weighted by atomic mass is 10.1. The number of carbonyl (C=O) groups excluding carboxylic acids is 3. The number of aryl methyl sites for hydroxylation is 3. The van der Waals surface area contributed by atoms with Crippen LogP contribution in [0, 0.1) is 20.8 Å². The van der Waals surface area contributed by atoms with Gasteiger partial charge in [-0.05, 0) is 61.7 Å². The lowest BCUT2D eigenvalue weighted by Gasteiger charge is -2.27. The molecule has 3 aromatic carbocycles. The maximum absolute atomic E-state index is 13.2. The predicted molar refractivity (Wildman–Crippen MR) is 133 cm³/mol. The Kier molecular flexibility index (Phi) is 6.68. The average Bonchev–Trinajstić information content (AvgIpc) is 2.81. The highest BCUT2D eigenvalue weighted by molar-refractivity contribution is 6.39. The molecule has 1 N–H and O–H groups in total.